The maximum atomic E-state index is 11.1. The fraction of sp³-hybridized carbons (Fsp3) is 0.889. The third-order valence-electron chi connectivity index (χ3n) is 2.96. The summed E-state index contributed by atoms with van der Waals surface area (Å²) in [5, 5.41) is 11.6. The Bertz CT molecular complexity index is 222. The molecule has 1 fully saturated rings. The standard InChI is InChI=1S/C9H18N2O3/c1-6-4-9(10-3,7(2)14-6)5-8(12)11-13/h6-7,10,13H,4-5H2,1-3H3,(H,11,12). The first-order chi connectivity index (χ1) is 6.54. The summed E-state index contributed by atoms with van der Waals surface area (Å²) in [6.45, 7) is 3.91. The monoisotopic (exact) mass is 202 g/mol. The van der Waals surface area contributed by atoms with Gasteiger partial charge in [-0.15, -0.1) is 0 Å². The maximum Gasteiger partial charge on any atom is 0.245 e. The van der Waals surface area contributed by atoms with Gasteiger partial charge in [-0.2, -0.15) is 0 Å². The van der Waals surface area contributed by atoms with Gasteiger partial charge in [-0.3, -0.25) is 10.0 Å². The Labute approximate surface area is 83.8 Å². The molecule has 1 amide bonds. The van der Waals surface area contributed by atoms with Crippen molar-refractivity contribution < 1.29 is 14.7 Å². The van der Waals surface area contributed by atoms with Gasteiger partial charge in [0.25, 0.3) is 0 Å². The van der Waals surface area contributed by atoms with Crippen molar-refractivity contribution in [3.8, 4) is 0 Å². The van der Waals surface area contributed by atoms with E-state index in [4.69, 9.17) is 9.94 Å². The van der Waals surface area contributed by atoms with Crippen LogP contribution in [0, 0.1) is 0 Å². The van der Waals surface area contributed by atoms with Crippen LogP contribution in [0.25, 0.3) is 0 Å². The van der Waals surface area contributed by atoms with Gasteiger partial charge >= 0.3 is 0 Å². The minimum absolute atomic E-state index is 0.0280. The molecule has 1 heterocycles. The van der Waals surface area contributed by atoms with E-state index in [9.17, 15) is 4.79 Å². The van der Waals surface area contributed by atoms with Crippen LogP contribution >= 0.6 is 0 Å². The zero-order valence-electron chi connectivity index (χ0n) is 8.83. The lowest BCUT2D eigenvalue weighted by atomic mass is 9.87. The van der Waals surface area contributed by atoms with E-state index >= 15 is 0 Å². The Morgan fingerprint density at radius 2 is 2.29 bits per heavy atom. The Morgan fingerprint density at radius 3 is 2.64 bits per heavy atom. The molecule has 0 spiro atoms. The van der Waals surface area contributed by atoms with Crippen molar-refractivity contribution >= 4 is 5.91 Å². The van der Waals surface area contributed by atoms with Crippen LogP contribution in [0.3, 0.4) is 0 Å². The van der Waals surface area contributed by atoms with E-state index < -0.39 is 0 Å². The van der Waals surface area contributed by atoms with Gasteiger partial charge in [-0.05, 0) is 27.3 Å². The summed E-state index contributed by atoms with van der Waals surface area (Å²) in [6.07, 6.45) is 1.12. The Balaban J connectivity index is 2.71. The molecule has 0 saturated carbocycles. The largest absolute Gasteiger partial charge is 0.374 e. The van der Waals surface area contributed by atoms with E-state index in [-0.39, 0.29) is 30.1 Å². The molecule has 0 aromatic carbocycles. The van der Waals surface area contributed by atoms with Gasteiger partial charge in [0, 0.05) is 6.42 Å². The number of nitrogens with one attached hydrogen (secondary N) is 2. The summed E-state index contributed by atoms with van der Waals surface area (Å²) in [4.78, 5) is 11.1. The average Bonchev–Trinajstić information content (AvgIpc) is 2.42. The van der Waals surface area contributed by atoms with Crippen LogP contribution in [0.2, 0.25) is 0 Å². The van der Waals surface area contributed by atoms with Crippen LogP contribution in [-0.4, -0.2) is 35.9 Å². The Morgan fingerprint density at radius 1 is 1.64 bits per heavy atom. The van der Waals surface area contributed by atoms with Crippen molar-refractivity contribution in [2.24, 2.45) is 0 Å². The normalized spacial score (nSPS) is 37.1. The molecular formula is C9H18N2O3. The smallest absolute Gasteiger partial charge is 0.245 e. The van der Waals surface area contributed by atoms with E-state index in [2.05, 4.69) is 5.32 Å². The molecule has 5 heteroatoms. The summed E-state index contributed by atoms with van der Waals surface area (Å²) in [7, 11) is 1.81. The van der Waals surface area contributed by atoms with Crippen LogP contribution < -0.4 is 10.8 Å². The van der Waals surface area contributed by atoms with E-state index in [1.165, 1.54) is 0 Å². The molecule has 82 valence electrons. The summed E-state index contributed by atoms with van der Waals surface area (Å²) < 4.78 is 5.59. The predicted octanol–water partition coefficient (Wildman–Crippen LogP) is 0.0374. The van der Waals surface area contributed by atoms with Gasteiger partial charge in [0.2, 0.25) is 5.91 Å². The van der Waals surface area contributed by atoms with Gasteiger partial charge in [0.05, 0.1) is 17.7 Å². The van der Waals surface area contributed by atoms with Gasteiger partial charge < -0.3 is 10.1 Å². The van der Waals surface area contributed by atoms with Crippen LogP contribution in [0.4, 0.5) is 0 Å². The first-order valence-corrected chi connectivity index (χ1v) is 4.81. The fourth-order valence-corrected chi connectivity index (χ4v) is 2.14. The quantitative estimate of drug-likeness (QED) is 0.446. The van der Waals surface area contributed by atoms with Crippen molar-refractivity contribution in [1.29, 1.82) is 0 Å². The number of hydrogen-bond acceptors (Lipinski definition) is 4. The van der Waals surface area contributed by atoms with Crippen molar-refractivity contribution in [2.45, 2.75) is 44.4 Å². The molecule has 1 saturated heterocycles. The highest BCUT2D eigenvalue weighted by atomic mass is 16.5. The van der Waals surface area contributed by atoms with Crippen LogP contribution in [0.1, 0.15) is 26.7 Å². The number of likely N-dealkylation sites (N-methyl/N-ethyl adjacent to an activating group) is 1. The molecular weight excluding hydrogens is 184 g/mol. The third-order valence-corrected chi connectivity index (χ3v) is 2.96. The van der Waals surface area contributed by atoms with Crippen molar-refractivity contribution in [3.63, 3.8) is 0 Å². The molecule has 1 aliphatic heterocycles. The highest BCUT2D eigenvalue weighted by Crippen LogP contribution is 2.32. The van der Waals surface area contributed by atoms with E-state index in [0.717, 1.165) is 6.42 Å². The van der Waals surface area contributed by atoms with Crippen molar-refractivity contribution in [2.75, 3.05) is 7.05 Å². The summed E-state index contributed by atoms with van der Waals surface area (Å²) in [5.41, 5.74) is 1.30. The summed E-state index contributed by atoms with van der Waals surface area (Å²) in [5.74, 6) is -0.385. The molecule has 0 aromatic rings. The van der Waals surface area contributed by atoms with Gasteiger partial charge in [-0.1, -0.05) is 0 Å². The Hall–Kier alpha value is -0.650. The average molecular weight is 202 g/mol. The molecule has 0 bridgehead atoms. The van der Waals surface area contributed by atoms with Gasteiger partial charge in [-0.25, -0.2) is 5.48 Å². The van der Waals surface area contributed by atoms with Gasteiger partial charge in [0.1, 0.15) is 0 Å². The van der Waals surface area contributed by atoms with E-state index in [0.29, 0.717) is 0 Å². The highest BCUT2D eigenvalue weighted by Gasteiger charge is 2.44. The first kappa shape index (κ1) is 11.4. The minimum Gasteiger partial charge on any atom is -0.374 e. The molecule has 1 rings (SSSR count). The number of amides is 1. The van der Waals surface area contributed by atoms with Crippen molar-refractivity contribution in [3.05, 3.63) is 0 Å². The van der Waals surface area contributed by atoms with Gasteiger partial charge in [0.15, 0.2) is 0 Å². The lowest BCUT2D eigenvalue weighted by molar-refractivity contribution is -0.131. The highest BCUT2D eigenvalue weighted by molar-refractivity contribution is 5.76. The topological polar surface area (TPSA) is 70.6 Å². The molecule has 1 aliphatic rings. The SMILES string of the molecule is CNC1(CC(=O)NO)CC(C)OC1C. The van der Waals surface area contributed by atoms with Crippen molar-refractivity contribution in [1.82, 2.24) is 10.8 Å². The molecule has 0 aromatic heterocycles. The van der Waals surface area contributed by atoms with Crippen LogP contribution in [0.5, 0.6) is 0 Å². The molecule has 0 aliphatic carbocycles. The first-order valence-electron chi connectivity index (χ1n) is 4.81. The number of ether oxygens (including phenoxy) is 1. The molecule has 3 atom stereocenters. The predicted molar refractivity (Wildman–Crippen MR) is 51.0 cm³/mol. The molecule has 0 radical (unpaired) electrons. The van der Waals surface area contributed by atoms with E-state index in [1.807, 2.05) is 20.9 Å². The molecule has 3 N–H and O–H groups in total. The second-order valence-corrected chi connectivity index (χ2v) is 3.91. The molecule has 14 heavy (non-hydrogen) atoms. The number of rotatable bonds is 3. The van der Waals surface area contributed by atoms with Crippen LogP contribution in [-0.2, 0) is 9.53 Å². The summed E-state index contributed by atoms with van der Waals surface area (Å²) >= 11 is 0. The van der Waals surface area contributed by atoms with E-state index in [1.54, 1.807) is 5.48 Å². The number of hydrogen-bond donors (Lipinski definition) is 3. The lowest BCUT2D eigenvalue weighted by Gasteiger charge is -2.30. The number of carbonyl (C=O) groups excluding carboxylic acids is 1. The lowest BCUT2D eigenvalue weighted by Crippen LogP contribution is -2.51. The second-order valence-electron chi connectivity index (χ2n) is 3.91. The number of hydroxylamine groups is 1. The number of carbonyl (C=O) groups is 1. The minimum atomic E-state index is -0.385. The fourth-order valence-electron chi connectivity index (χ4n) is 2.14. The van der Waals surface area contributed by atoms with Crippen LogP contribution in [0.15, 0.2) is 0 Å². The molecule has 3 unspecified atom stereocenters. The summed E-state index contributed by atoms with van der Waals surface area (Å²) in [6, 6.07) is 0. The zero-order valence-corrected chi connectivity index (χ0v) is 8.83. The second kappa shape index (κ2) is 4.25. The maximum absolute atomic E-state index is 11.1. The zero-order chi connectivity index (χ0) is 10.8. The molecule has 5 nitrogen and oxygen atoms in total. The third kappa shape index (κ3) is 2.05. The Kier molecular flexibility index (Phi) is 3.47.